The van der Waals surface area contributed by atoms with Gasteiger partial charge in [0.25, 0.3) is 0 Å². The van der Waals surface area contributed by atoms with Crippen molar-refractivity contribution < 1.29 is 4.39 Å². The maximum Gasteiger partial charge on any atom is 0.111 e. The number of halogens is 1. The van der Waals surface area contributed by atoms with E-state index >= 15 is 0 Å². The molecule has 1 aliphatic carbocycles. The smallest absolute Gasteiger partial charge is 0.111 e. The molecular formula is C16H21F. The molecule has 1 fully saturated rings. The van der Waals surface area contributed by atoms with Crippen LogP contribution in [0.1, 0.15) is 38.2 Å². The van der Waals surface area contributed by atoms with Gasteiger partial charge in [0, 0.05) is 0 Å². The van der Waals surface area contributed by atoms with Crippen LogP contribution in [0.25, 0.3) is 0 Å². The Balaban J connectivity index is 1.65. The van der Waals surface area contributed by atoms with E-state index in [1.807, 2.05) is 6.07 Å². The Morgan fingerprint density at radius 2 is 2.06 bits per heavy atom. The lowest BCUT2D eigenvalue weighted by Crippen LogP contribution is -1.96. The number of hydrogen-bond donors (Lipinski definition) is 0. The highest BCUT2D eigenvalue weighted by molar-refractivity contribution is 5.20. The Kier molecular flexibility index (Phi) is 3.66. The molecule has 0 bridgehead atoms. The van der Waals surface area contributed by atoms with Crippen molar-refractivity contribution in [2.45, 2.75) is 44.7 Å². The second-order valence-electron chi connectivity index (χ2n) is 5.48. The lowest BCUT2D eigenvalue weighted by Gasteiger charge is -2.06. The minimum Gasteiger partial charge on any atom is -0.244 e. The summed E-state index contributed by atoms with van der Waals surface area (Å²) in [6.45, 7) is 5.83. The van der Waals surface area contributed by atoms with E-state index in [1.54, 1.807) is 6.92 Å². The molecule has 0 nitrogen and oxygen atoms in total. The average Bonchev–Trinajstić information content (AvgIpc) is 2.88. The molecule has 0 heterocycles. The fourth-order valence-corrected chi connectivity index (χ4v) is 2.40. The van der Waals surface area contributed by atoms with Crippen molar-refractivity contribution in [3.8, 4) is 0 Å². The summed E-state index contributed by atoms with van der Waals surface area (Å²) in [4.78, 5) is 0. The zero-order valence-electron chi connectivity index (χ0n) is 10.6. The van der Waals surface area contributed by atoms with Crippen molar-refractivity contribution in [2.24, 2.45) is 5.92 Å². The van der Waals surface area contributed by atoms with Gasteiger partial charge in [-0.25, -0.2) is 4.39 Å². The van der Waals surface area contributed by atoms with E-state index in [-0.39, 0.29) is 0 Å². The van der Waals surface area contributed by atoms with Gasteiger partial charge in [-0.2, -0.15) is 0 Å². The molecule has 2 rings (SSSR count). The molecule has 0 saturated heterocycles. The van der Waals surface area contributed by atoms with E-state index in [9.17, 15) is 4.39 Å². The van der Waals surface area contributed by atoms with Crippen LogP contribution in [0, 0.1) is 5.92 Å². The quantitative estimate of drug-likeness (QED) is 0.623. The largest absolute Gasteiger partial charge is 0.244 e. The number of hydrogen-bond acceptors (Lipinski definition) is 0. The van der Waals surface area contributed by atoms with E-state index in [4.69, 9.17) is 0 Å². The number of allylic oxidation sites excluding steroid dienone is 1. The zero-order valence-corrected chi connectivity index (χ0v) is 10.6. The topological polar surface area (TPSA) is 0 Å². The predicted octanol–water partition coefficient (Wildman–Crippen LogP) is 4.70. The molecule has 0 N–H and O–H groups in total. The van der Waals surface area contributed by atoms with Crippen molar-refractivity contribution in [1.82, 2.24) is 0 Å². The zero-order chi connectivity index (χ0) is 12.3. The highest BCUT2D eigenvalue weighted by Crippen LogP contribution is 2.49. The van der Waals surface area contributed by atoms with Crippen molar-refractivity contribution in [1.29, 1.82) is 0 Å². The summed E-state index contributed by atoms with van der Waals surface area (Å²) in [6.07, 6.45) is 4.84. The maximum atomic E-state index is 13.3. The van der Waals surface area contributed by atoms with Gasteiger partial charge >= 0.3 is 0 Å². The first-order chi connectivity index (χ1) is 8.08. The molecule has 0 spiro atoms. The van der Waals surface area contributed by atoms with Gasteiger partial charge in [0.15, 0.2) is 0 Å². The summed E-state index contributed by atoms with van der Waals surface area (Å²) in [5.41, 5.74) is 1.72. The summed E-state index contributed by atoms with van der Waals surface area (Å²) in [5, 5.41) is 0. The molecule has 2 atom stereocenters. The number of benzene rings is 1. The van der Waals surface area contributed by atoms with Crippen LogP contribution in [0.2, 0.25) is 0 Å². The molecule has 1 aliphatic rings. The monoisotopic (exact) mass is 232 g/mol. The fraction of sp³-hybridized carbons (Fsp3) is 0.500. The molecule has 1 aromatic rings. The first-order valence-electron chi connectivity index (χ1n) is 6.47. The fourth-order valence-electron chi connectivity index (χ4n) is 2.40. The normalized spacial score (nSPS) is 26.8. The Labute approximate surface area is 104 Å². The van der Waals surface area contributed by atoms with Gasteiger partial charge in [-0.05, 0) is 50.5 Å². The van der Waals surface area contributed by atoms with Crippen molar-refractivity contribution in [3.63, 3.8) is 0 Å². The van der Waals surface area contributed by atoms with E-state index in [1.165, 1.54) is 11.1 Å². The summed E-state index contributed by atoms with van der Waals surface area (Å²) >= 11 is 0. The molecule has 0 radical (unpaired) electrons. The SMILES string of the molecule is C=C(CCCC1CC1(C)F)Cc1ccccc1. The molecule has 0 aliphatic heterocycles. The Bertz CT molecular complexity index is 378. The summed E-state index contributed by atoms with van der Waals surface area (Å²) in [7, 11) is 0. The van der Waals surface area contributed by atoms with Crippen LogP contribution in [0.3, 0.4) is 0 Å². The lowest BCUT2D eigenvalue weighted by atomic mass is 10.0. The molecule has 1 heteroatoms. The van der Waals surface area contributed by atoms with Gasteiger partial charge in [-0.3, -0.25) is 0 Å². The molecule has 17 heavy (non-hydrogen) atoms. The molecule has 1 saturated carbocycles. The Morgan fingerprint density at radius 3 is 2.65 bits per heavy atom. The van der Waals surface area contributed by atoms with E-state index in [0.29, 0.717) is 5.92 Å². The molecule has 0 aromatic heterocycles. The second kappa shape index (κ2) is 5.03. The van der Waals surface area contributed by atoms with E-state index < -0.39 is 5.67 Å². The highest BCUT2D eigenvalue weighted by atomic mass is 19.1. The second-order valence-corrected chi connectivity index (χ2v) is 5.48. The van der Waals surface area contributed by atoms with Crippen molar-refractivity contribution >= 4 is 0 Å². The number of rotatable bonds is 6. The van der Waals surface area contributed by atoms with Crippen LogP contribution in [0.4, 0.5) is 4.39 Å². The number of alkyl halides is 1. The summed E-state index contributed by atoms with van der Waals surface area (Å²) in [6, 6.07) is 10.4. The van der Waals surface area contributed by atoms with Crippen LogP contribution < -0.4 is 0 Å². The van der Waals surface area contributed by atoms with Crippen LogP contribution in [-0.4, -0.2) is 5.67 Å². The van der Waals surface area contributed by atoms with Crippen LogP contribution >= 0.6 is 0 Å². The van der Waals surface area contributed by atoms with Crippen LogP contribution in [0.5, 0.6) is 0 Å². The predicted molar refractivity (Wildman–Crippen MR) is 70.8 cm³/mol. The van der Waals surface area contributed by atoms with Gasteiger partial charge in [-0.1, -0.05) is 42.5 Å². The first kappa shape index (κ1) is 12.3. The third-order valence-electron chi connectivity index (χ3n) is 3.72. The summed E-state index contributed by atoms with van der Waals surface area (Å²) in [5.74, 6) is 0.312. The standard InChI is InChI=1S/C16H21F/c1-13(11-14-8-4-3-5-9-14)7-6-10-15-12-16(15,2)17/h3-5,8-9,15H,1,6-7,10-12H2,2H3. The molecule has 0 amide bonds. The minimum atomic E-state index is -0.860. The Hall–Kier alpha value is -1.11. The Morgan fingerprint density at radius 1 is 1.41 bits per heavy atom. The lowest BCUT2D eigenvalue weighted by molar-refractivity contribution is 0.302. The average molecular weight is 232 g/mol. The highest BCUT2D eigenvalue weighted by Gasteiger charge is 2.49. The van der Waals surface area contributed by atoms with Crippen molar-refractivity contribution in [3.05, 3.63) is 48.0 Å². The van der Waals surface area contributed by atoms with Gasteiger partial charge in [0.2, 0.25) is 0 Å². The van der Waals surface area contributed by atoms with Gasteiger partial charge < -0.3 is 0 Å². The molecule has 92 valence electrons. The van der Waals surface area contributed by atoms with E-state index in [0.717, 1.165) is 32.1 Å². The third kappa shape index (κ3) is 3.69. The van der Waals surface area contributed by atoms with Crippen LogP contribution in [0.15, 0.2) is 42.5 Å². The van der Waals surface area contributed by atoms with E-state index in [2.05, 4.69) is 30.8 Å². The van der Waals surface area contributed by atoms with Gasteiger partial charge in [0.05, 0.1) is 0 Å². The van der Waals surface area contributed by atoms with Gasteiger partial charge in [-0.15, -0.1) is 0 Å². The molecule has 2 unspecified atom stereocenters. The van der Waals surface area contributed by atoms with Crippen LogP contribution in [-0.2, 0) is 6.42 Å². The first-order valence-corrected chi connectivity index (χ1v) is 6.47. The van der Waals surface area contributed by atoms with Crippen molar-refractivity contribution in [2.75, 3.05) is 0 Å². The molecule has 1 aromatic carbocycles. The van der Waals surface area contributed by atoms with Gasteiger partial charge in [0.1, 0.15) is 5.67 Å². The third-order valence-corrected chi connectivity index (χ3v) is 3.72. The summed E-state index contributed by atoms with van der Waals surface area (Å²) < 4.78 is 13.3. The molecular weight excluding hydrogens is 211 g/mol. The minimum absolute atomic E-state index is 0.312. The maximum absolute atomic E-state index is 13.3.